The Bertz CT molecular complexity index is 141. The van der Waals surface area contributed by atoms with Crippen molar-refractivity contribution in [1.29, 1.82) is 0 Å². The lowest BCUT2D eigenvalue weighted by atomic mass is 10.3. The molecule has 58 valence electrons. The molecule has 0 atom stereocenters. The molecule has 3 heteroatoms. The number of primary amides is 1. The van der Waals surface area contributed by atoms with E-state index < -0.39 is 5.91 Å². The van der Waals surface area contributed by atoms with Crippen molar-refractivity contribution in [2.45, 2.75) is 20.0 Å². The van der Waals surface area contributed by atoms with Gasteiger partial charge in [-0.05, 0) is 13.8 Å². The predicted octanol–water partition coefficient (Wildman–Crippen LogP) is 0.453. The third kappa shape index (κ3) is 4.09. The minimum absolute atomic E-state index is 0.107. The number of hydrogen-bond acceptors (Lipinski definition) is 2. The SMILES string of the molecule is C=C(COC(C)C)C(N)=O. The third-order valence-corrected chi connectivity index (χ3v) is 0.939. The average Bonchev–Trinajstić information content (AvgIpc) is 1.82. The lowest BCUT2D eigenvalue weighted by Gasteiger charge is -2.06. The first-order chi connectivity index (χ1) is 4.54. The van der Waals surface area contributed by atoms with Gasteiger partial charge in [0, 0.05) is 5.57 Å². The molecule has 0 heterocycles. The molecular weight excluding hydrogens is 130 g/mol. The number of amides is 1. The Balaban J connectivity index is 3.50. The van der Waals surface area contributed by atoms with E-state index in [-0.39, 0.29) is 12.7 Å². The summed E-state index contributed by atoms with van der Waals surface area (Å²) in [6.07, 6.45) is 0.107. The van der Waals surface area contributed by atoms with Gasteiger partial charge in [0.1, 0.15) is 0 Å². The van der Waals surface area contributed by atoms with Crippen LogP contribution in [0.15, 0.2) is 12.2 Å². The summed E-state index contributed by atoms with van der Waals surface area (Å²) >= 11 is 0. The Hall–Kier alpha value is -0.830. The van der Waals surface area contributed by atoms with Crippen molar-refractivity contribution in [3.63, 3.8) is 0 Å². The molecule has 0 radical (unpaired) electrons. The molecule has 0 saturated heterocycles. The van der Waals surface area contributed by atoms with E-state index in [0.29, 0.717) is 5.57 Å². The zero-order valence-electron chi connectivity index (χ0n) is 6.39. The fourth-order valence-electron chi connectivity index (χ4n) is 0.338. The molecule has 0 aliphatic heterocycles. The van der Waals surface area contributed by atoms with E-state index in [9.17, 15) is 4.79 Å². The van der Waals surface area contributed by atoms with Crippen LogP contribution in [0.4, 0.5) is 0 Å². The lowest BCUT2D eigenvalue weighted by Crippen LogP contribution is -2.18. The summed E-state index contributed by atoms with van der Waals surface area (Å²) in [6, 6.07) is 0. The summed E-state index contributed by atoms with van der Waals surface area (Å²) < 4.78 is 5.06. The summed E-state index contributed by atoms with van der Waals surface area (Å²) in [7, 11) is 0. The second kappa shape index (κ2) is 4.06. The van der Waals surface area contributed by atoms with E-state index in [0.717, 1.165) is 0 Å². The standard InChI is InChI=1S/C7H13NO2/c1-5(2)10-4-6(3)7(8)9/h5H,3-4H2,1-2H3,(H2,8,9). The van der Waals surface area contributed by atoms with Gasteiger partial charge in [0.15, 0.2) is 0 Å². The van der Waals surface area contributed by atoms with Gasteiger partial charge in [0.05, 0.1) is 12.7 Å². The summed E-state index contributed by atoms with van der Waals surface area (Å²) in [5.41, 5.74) is 5.22. The summed E-state index contributed by atoms with van der Waals surface area (Å²) in [5.74, 6) is -0.499. The van der Waals surface area contributed by atoms with Crippen molar-refractivity contribution >= 4 is 5.91 Å². The van der Waals surface area contributed by atoms with Crippen LogP contribution < -0.4 is 5.73 Å². The van der Waals surface area contributed by atoms with Crippen molar-refractivity contribution in [1.82, 2.24) is 0 Å². The summed E-state index contributed by atoms with van der Waals surface area (Å²) in [6.45, 7) is 7.42. The first-order valence-corrected chi connectivity index (χ1v) is 3.13. The van der Waals surface area contributed by atoms with Gasteiger partial charge in [0.25, 0.3) is 0 Å². The highest BCUT2D eigenvalue weighted by atomic mass is 16.5. The first kappa shape index (κ1) is 9.17. The second-order valence-electron chi connectivity index (χ2n) is 2.33. The first-order valence-electron chi connectivity index (χ1n) is 3.13. The van der Waals surface area contributed by atoms with Crippen molar-refractivity contribution in [2.24, 2.45) is 5.73 Å². The quantitative estimate of drug-likeness (QED) is 0.581. The van der Waals surface area contributed by atoms with Crippen LogP contribution in [-0.4, -0.2) is 18.6 Å². The van der Waals surface area contributed by atoms with Crippen LogP contribution in [-0.2, 0) is 9.53 Å². The molecule has 0 aromatic rings. The van der Waals surface area contributed by atoms with Crippen molar-refractivity contribution in [3.05, 3.63) is 12.2 Å². The zero-order valence-corrected chi connectivity index (χ0v) is 6.39. The van der Waals surface area contributed by atoms with Gasteiger partial charge in [-0.3, -0.25) is 4.79 Å². The average molecular weight is 143 g/mol. The number of rotatable bonds is 4. The highest BCUT2D eigenvalue weighted by Crippen LogP contribution is 1.93. The molecule has 0 bridgehead atoms. The molecule has 0 aliphatic rings. The Labute approximate surface area is 60.9 Å². The largest absolute Gasteiger partial charge is 0.374 e. The molecule has 0 aromatic heterocycles. The molecular formula is C7H13NO2. The summed E-state index contributed by atoms with van der Waals surface area (Å²) in [4.78, 5) is 10.4. The highest BCUT2D eigenvalue weighted by Gasteiger charge is 2.01. The maximum Gasteiger partial charge on any atom is 0.246 e. The Kier molecular flexibility index (Phi) is 3.72. The minimum atomic E-state index is -0.499. The number of ether oxygens (including phenoxy) is 1. The lowest BCUT2D eigenvalue weighted by molar-refractivity contribution is -0.115. The topological polar surface area (TPSA) is 52.3 Å². The van der Waals surface area contributed by atoms with Crippen LogP contribution in [0.5, 0.6) is 0 Å². The van der Waals surface area contributed by atoms with Crippen LogP contribution in [0.2, 0.25) is 0 Å². The van der Waals surface area contributed by atoms with Gasteiger partial charge in [-0.1, -0.05) is 6.58 Å². The van der Waals surface area contributed by atoms with Gasteiger partial charge in [-0.25, -0.2) is 0 Å². The predicted molar refractivity (Wildman–Crippen MR) is 39.4 cm³/mol. The molecule has 0 aromatic carbocycles. The van der Waals surface area contributed by atoms with Crippen molar-refractivity contribution in [3.8, 4) is 0 Å². The van der Waals surface area contributed by atoms with Gasteiger partial charge >= 0.3 is 0 Å². The molecule has 0 aliphatic carbocycles. The molecule has 1 amide bonds. The molecule has 0 saturated carbocycles. The van der Waals surface area contributed by atoms with Gasteiger partial charge in [0.2, 0.25) is 5.91 Å². The van der Waals surface area contributed by atoms with Gasteiger partial charge < -0.3 is 10.5 Å². The van der Waals surface area contributed by atoms with Crippen LogP contribution in [0, 0.1) is 0 Å². The molecule has 10 heavy (non-hydrogen) atoms. The van der Waals surface area contributed by atoms with E-state index in [1.54, 1.807) is 0 Å². The van der Waals surface area contributed by atoms with Gasteiger partial charge in [-0.2, -0.15) is 0 Å². The van der Waals surface area contributed by atoms with Crippen molar-refractivity contribution in [2.75, 3.05) is 6.61 Å². The smallest absolute Gasteiger partial charge is 0.246 e. The minimum Gasteiger partial charge on any atom is -0.374 e. The molecule has 2 N–H and O–H groups in total. The van der Waals surface area contributed by atoms with E-state index in [1.807, 2.05) is 13.8 Å². The maximum atomic E-state index is 10.4. The molecule has 0 unspecified atom stereocenters. The number of carbonyl (C=O) groups is 1. The van der Waals surface area contributed by atoms with Crippen LogP contribution in [0.3, 0.4) is 0 Å². The van der Waals surface area contributed by atoms with E-state index in [1.165, 1.54) is 0 Å². The van der Waals surface area contributed by atoms with Crippen molar-refractivity contribution < 1.29 is 9.53 Å². The van der Waals surface area contributed by atoms with E-state index >= 15 is 0 Å². The van der Waals surface area contributed by atoms with E-state index in [2.05, 4.69) is 6.58 Å². The third-order valence-electron chi connectivity index (χ3n) is 0.939. The van der Waals surface area contributed by atoms with Crippen LogP contribution >= 0.6 is 0 Å². The number of carbonyl (C=O) groups excluding carboxylic acids is 1. The fraction of sp³-hybridized carbons (Fsp3) is 0.571. The Morgan fingerprint density at radius 1 is 1.70 bits per heavy atom. The Morgan fingerprint density at radius 3 is 2.50 bits per heavy atom. The normalized spacial score (nSPS) is 9.90. The monoisotopic (exact) mass is 143 g/mol. The molecule has 0 spiro atoms. The Morgan fingerprint density at radius 2 is 2.20 bits per heavy atom. The second-order valence-corrected chi connectivity index (χ2v) is 2.33. The van der Waals surface area contributed by atoms with E-state index in [4.69, 9.17) is 10.5 Å². The maximum absolute atomic E-state index is 10.4. The molecule has 0 rings (SSSR count). The molecule has 3 nitrogen and oxygen atoms in total. The zero-order chi connectivity index (χ0) is 8.15. The van der Waals surface area contributed by atoms with Crippen LogP contribution in [0.1, 0.15) is 13.8 Å². The van der Waals surface area contributed by atoms with Crippen LogP contribution in [0.25, 0.3) is 0 Å². The summed E-state index contributed by atoms with van der Waals surface area (Å²) in [5, 5.41) is 0. The fourth-order valence-corrected chi connectivity index (χ4v) is 0.338. The van der Waals surface area contributed by atoms with Gasteiger partial charge in [-0.15, -0.1) is 0 Å². The number of nitrogens with two attached hydrogens (primary N) is 1. The number of hydrogen-bond donors (Lipinski definition) is 1. The highest BCUT2D eigenvalue weighted by molar-refractivity contribution is 5.91. The molecule has 0 fully saturated rings.